The molecule has 0 aliphatic rings. The Hall–Kier alpha value is -1.94. The van der Waals surface area contributed by atoms with Crippen LogP contribution in [0.2, 0.25) is 0 Å². The molecule has 0 spiro atoms. The standard InChI is InChI=1S/C14H17N3O/c1-10-11(2)17-14(8-15-10)16-7-12-3-5-13(9-18)6-4-12/h3-6,8,18H,7,9H2,1-2H3,(H,16,17). The van der Waals surface area contributed by atoms with Gasteiger partial charge >= 0.3 is 0 Å². The Kier molecular flexibility index (Phi) is 3.89. The number of nitrogens with zero attached hydrogens (tertiary/aromatic N) is 2. The fourth-order valence-electron chi connectivity index (χ4n) is 1.58. The van der Waals surface area contributed by atoms with Gasteiger partial charge in [0.2, 0.25) is 0 Å². The van der Waals surface area contributed by atoms with Gasteiger partial charge in [-0.15, -0.1) is 0 Å². The second-order valence-corrected chi connectivity index (χ2v) is 4.25. The SMILES string of the molecule is Cc1ncc(NCc2ccc(CO)cc2)nc1C. The van der Waals surface area contributed by atoms with Crippen LogP contribution in [-0.2, 0) is 13.2 Å². The first-order chi connectivity index (χ1) is 8.69. The van der Waals surface area contributed by atoms with Gasteiger partial charge in [-0.3, -0.25) is 4.98 Å². The maximum atomic E-state index is 8.96. The largest absolute Gasteiger partial charge is 0.392 e. The van der Waals surface area contributed by atoms with Gasteiger partial charge in [-0.25, -0.2) is 4.98 Å². The molecule has 0 amide bonds. The monoisotopic (exact) mass is 243 g/mol. The van der Waals surface area contributed by atoms with Crippen molar-refractivity contribution >= 4 is 5.82 Å². The molecule has 1 heterocycles. The molecule has 0 bridgehead atoms. The van der Waals surface area contributed by atoms with Gasteiger partial charge in [0, 0.05) is 6.54 Å². The van der Waals surface area contributed by atoms with Gasteiger partial charge in [-0.2, -0.15) is 0 Å². The van der Waals surface area contributed by atoms with Crippen LogP contribution in [0.4, 0.5) is 5.82 Å². The summed E-state index contributed by atoms with van der Waals surface area (Å²) in [6.45, 7) is 4.67. The molecule has 0 saturated carbocycles. The minimum Gasteiger partial charge on any atom is -0.392 e. The summed E-state index contributed by atoms with van der Waals surface area (Å²) in [5.74, 6) is 0.782. The molecular weight excluding hydrogens is 226 g/mol. The molecule has 1 aromatic carbocycles. The second-order valence-electron chi connectivity index (χ2n) is 4.25. The number of nitrogens with one attached hydrogen (secondary N) is 1. The van der Waals surface area contributed by atoms with E-state index in [1.165, 1.54) is 0 Å². The Morgan fingerprint density at radius 2 is 1.72 bits per heavy atom. The van der Waals surface area contributed by atoms with Gasteiger partial charge in [-0.1, -0.05) is 24.3 Å². The summed E-state index contributed by atoms with van der Waals surface area (Å²) in [6.07, 6.45) is 1.74. The van der Waals surface area contributed by atoms with Crippen molar-refractivity contribution in [2.24, 2.45) is 0 Å². The van der Waals surface area contributed by atoms with Gasteiger partial charge in [0.05, 0.1) is 24.2 Å². The number of aryl methyl sites for hydroxylation is 2. The van der Waals surface area contributed by atoms with E-state index < -0.39 is 0 Å². The summed E-state index contributed by atoms with van der Waals surface area (Å²) in [6, 6.07) is 7.83. The summed E-state index contributed by atoms with van der Waals surface area (Å²) >= 11 is 0. The molecule has 94 valence electrons. The maximum absolute atomic E-state index is 8.96. The fourth-order valence-corrected chi connectivity index (χ4v) is 1.58. The van der Waals surface area contributed by atoms with Crippen molar-refractivity contribution < 1.29 is 5.11 Å². The lowest BCUT2D eigenvalue weighted by molar-refractivity contribution is 0.282. The van der Waals surface area contributed by atoms with Crippen molar-refractivity contribution in [3.8, 4) is 0 Å². The Labute approximate surface area is 107 Å². The molecule has 0 atom stereocenters. The van der Waals surface area contributed by atoms with E-state index >= 15 is 0 Å². The van der Waals surface area contributed by atoms with Crippen molar-refractivity contribution in [1.29, 1.82) is 0 Å². The molecule has 4 nitrogen and oxygen atoms in total. The van der Waals surface area contributed by atoms with Gasteiger partial charge in [-0.05, 0) is 25.0 Å². The molecule has 0 saturated heterocycles. The van der Waals surface area contributed by atoms with Crippen LogP contribution in [0.25, 0.3) is 0 Å². The molecule has 2 N–H and O–H groups in total. The Morgan fingerprint density at radius 3 is 2.33 bits per heavy atom. The lowest BCUT2D eigenvalue weighted by Gasteiger charge is -2.07. The van der Waals surface area contributed by atoms with Crippen LogP contribution >= 0.6 is 0 Å². The number of rotatable bonds is 4. The van der Waals surface area contributed by atoms with Gasteiger partial charge in [0.1, 0.15) is 5.82 Å². The quantitative estimate of drug-likeness (QED) is 0.864. The summed E-state index contributed by atoms with van der Waals surface area (Å²) in [4.78, 5) is 8.67. The Morgan fingerprint density at radius 1 is 1.06 bits per heavy atom. The highest BCUT2D eigenvalue weighted by molar-refractivity contribution is 5.35. The molecule has 18 heavy (non-hydrogen) atoms. The average Bonchev–Trinajstić information content (AvgIpc) is 2.41. The predicted octanol–water partition coefficient (Wildman–Crippen LogP) is 2.20. The molecule has 4 heteroatoms. The third-order valence-electron chi connectivity index (χ3n) is 2.87. The lowest BCUT2D eigenvalue weighted by Crippen LogP contribution is -2.04. The molecule has 0 aliphatic carbocycles. The zero-order chi connectivity index (χ0) is 13.0. The summed E-state index contributed by atoms with van der Waals surface area (Å²) in [7, 11) is 0. The smallest absolute Gasteiger partial charge is 0.145 e. The molecule has 0 unspecified atom stereocenters. The number of aromatic nitrogens is 2. The van der Waals surface area contributed by atoms with E-state index in [0.717, 1.165) is 28.3 Å². The molecule has 1 aromatic heterocycles. The number of hydrogen-bond donors (Lipinski definition) is 2. The van der Waals surface area contributed by atoms with E-state index in [0.29, 0.717) is 6.54 Å². The lowest BCUT2D eigenvalue weighted by atomic mass is 10.1. The van der Waals surface area contributed by atoms with Crippen LogP contribution in [0.1, 0.15) is 22.5 Å². The van der Waals surface area contributed by atoms with E-state index in [4.69, 9.17) is 5.11 Å². The number of anilines is 1. The molecular formula is C14H17N3O. The molecule has 2 rings (SSSR count). The van der Waals surface area contributed by atoms with E-state index in [9.17, 15) is 0 Å². The minimum atomic E-state index is 0.0797. The highest BCUT2D eigenvalue weighted by Crippen LogP contribution is 2.09. The van der Waals surface area contributed by atoms with Crippen molar-refractivity contribution in [2.75, 3.05) is 5.32 Å². The van der Waals surface area contributed by atoms with Gasteiger partial charge in [0.25, 0.3) is 0 Å². The zero-order valence-corrected chi connectivity index (χ0v) is 10.6. The van der Waals surface area contributed by atoms with Crippen molar-refractivity contribution in [1.82, 2.24) is 9.97 Å². The van der Waals surface area contributed by atoms with Crippen LogP contribution < -0.4 is 5.32 Å². The third kappa shape index (κ3) is 3.05. The van der Waals surface area contributed by atoms with E-state index in [1.807, 2.05) is 38.1 Å². The maximum Gasteiger partial charge on any atom is 0.145 e. The first-order valence-electron chi connectivity index (χ1n) is 5.92. The number of benzene rings is 1. The van der Waals surface area contributed by atoms with Gasteiger partial charge < -0.3 is 10.4 Å². The topological polar surface area (TPSA) is 58.0 Å². The molecule has 0 fully saturated rings. The van der Waals surface area contributed by atoms with E-state index in [1.54, 1.807) is 6.20 Å². The van der Waals surface area contributed by atoms with Gasteiger partial charge in [0.15, 0.2) is 0 Å². The minimum absolute atomic E-state index is 0.0797. The second kappa shape index (κ2) is 5.60. The Bertz CT molecular complexity index is 523. The molecule has 0 aliphatic heterocycles. The highest BCUT2D eigenvalue weighted by atomic mass is 16.3. The number of hydrogen-bond acceptors (Lipinski definition) is 4. The predicted molar refractivity (Wildman–Crippen MR) is 71.2 cm³/mol. The van der Waals surface area contributed by atoms with Crippen molar-refractivity contribution in [3.63, 3.8) is 0 Å². The zero-order valence-electron chi connectivity index (χ0n) is 10.6. The third-order valence-corrected chi connectivity index (χ3v) is 2.87. The van der Waals surface area contributed by atoms with Crippen LogP contribution in [-0.4, -0.2) is 15.1 Å². The van der Waals surface area contributed by atoms with Crippen LogP contribution in [0, 0.1) is 13.8 Å². The summed E-state index contributed by atoms with van der Waals surface area (Å²) < 4.78 is 0. The van der Waals surface area contributed by atoms with Crippen LogP contribution in [0.3, 0.4) is 0 Å². The van der Waals surface area contributed by atoms with E-state index in [2.05, 4.69) is 15.3 Å². The first-order valence-corrected chi connectivity index (χ1v) is 5.92. The van der Waals surface area contributed by atoms with Crippen molar-refractivity contribution in [3.05, 3.63) is 53.0 Å². The fraction of sp³-hybridized carbons (Fsp3) is 0.286. The van der Waals surface area contributed by atoms with Crippen LogP contribution in [0.5, 0.6) is 0 Å². The number of aliphatic hydroxyl groups is 1. The van der Waals surface area contributed by atoms with Crippen LogP contribution in [0.15, 0.2) is 30.5 Å². The first kappa shape index (κ1) is 12.5. The highest BCUT2D eigenvalue weighted by Gasteiger charge is 1.99. The number of aliphatic hydroxyl groups excluding tert-OH is 1. The normalized spacial score (nSPS) is 10.4. The summed E-state index contributed by atoms with van der Waals surface area (Å²) in [5.41, 5.74) is 3.96. The van der Waals surface area contributed by atoms with Crippen molar-refractivity contribution in [2.45, 2.75) is 27.0 Å². The molecule has 2 aromatic rings. The Balaban J connectivity index is 1.99. The summed E-state index contributed by atoms with van der Waals surface area (Å²) in [5, 5.41) is 12.2. The molecule has 0 radical (unpaired) electrons. The average molecular weight is 243 g/mol. The van der Waals surface area contributed by atoms with E-state index in [-0.39, 0.29) is 6.61 Å².